The Labute approximate surface area is 223 Å². The minimum Gasteiger partial charge on any atom is -0.495 e. The highest BCUT2D eigenvalue weighted by Crippen LogP contribution is 2.42. The molecule has 1 aromatic heterocycles. The van der Waals surface area contributed by atoms with Crippen LogP contribution in [0.25, 0.3) is 0 Å². The fourth-order valence-electron chi connectivity index (χ4n) is 4.46. The number of ether oxygens (including phenoxy) is 2. The smallest absolute Gasteiger partial charge is 0.421 e. The van der Waals surface area contributed by atoms with Crippen LogP contribution in [0.2, 0.25) is 0 Å². The molecule has 1 fully saturated rings. The summed E-state index contributed by atoms with van der Waals surface area (Å²) in [7, 11) is 11.8. The summed E-state index contributed by atoms with van der Waals surface area (Å²) in [5.41, 5.74) is -3.74. The zero-order valence-corrected chi connectivity index (χ0v) is 22.8. The number of alkyl halides is 3. The number of methoxy groups -OCH3 is 1. The van der Waals surface area contributed by atoms with E-state index in [-0.39, 0.29) is 17.3 Å². The van der Waals surface area contributed by atoms with E-state index in [0.717, 1.165) is 0 Å². The van der Waals surface area contributed by atoms with Crippen LogP contribution in [0.15, 0.2) is 18.3 Å². The first kappa shape index (κ1) is 29.8. The summed E-state index contributed by atoms with van der Waals surface area (Å²) in [4.78, 5) is 22.8. The molecular formula is C19H28B6F3N5O5. The van der Waals surface area contributed by atoms with Gasteiger partial charge in [-0.3, -0.25) is 4.79 Å². The van der Waals surface area contributed by atoms with Gasteiger partial charge in [-0.25, -0.2) is 4.98 Å². The van der Waals surface area contributed by atoms with Crippen molar-refractivity contribution in [3.63, 3.8) is 0 Å². The number of aromatic nitrogens is 2. The Balaban J connectivity index is 2.06. The van der Waals surface area contributed by atoms with Crippen LogP contribution in [-0.4, -0.2) is 114 Å². The van der Waals surface area contributed by atoms with Crippen molar-refractivity contribution in [1.29, 1.82) is 0 Å². The highest BCUT2D eigenvalue weighted by atomic mass is 19.4. The molecule has 2 atom stereocenters. The number of nitrogens with zero attached hydrogens (tertiary/aromatic N) is 3. The van der Waals surface area contributed by atoms with Gasteiger partial charge in [0.2, 0.25) is 5.95 Å². The summed E-state index contributed by atoms with van der Waals surface area (Å²) in [6.45, 7) is 1.65. The molecule has 3 rings (SSSR count). The second-order valence-electron chi connectivity index (χ2n) is 10.5. The summed E-state index contributed by atoms with van der Waals surface area (Å²) < 4.78 is 50.9. The molecule has 38 heavy (non-hydrogen) atoms. The Kier molecular flexibility index (Phi) is 7.41. The number of hydrogen-bond acceptors (Lipinski definition) is 9. The van der Waals surface area contributed by atoms with Crippen LogP contribution in [-0.2, 0) is 10.9 Å². The highest BCUT2D eigenvalue weighted by molar-refractivity contribution is 6.49. The van der Waals surface area contributed by atoms with E-state index in [1.807, 2.05) is 0 Å². The van der Waals surface area contributed by atoms with E-state index in [4.69, 9.17) is 9.47 Å². The van der Waals surface area contributed by atoms with Crippen LogP contribution < -0.4 is 15.4 Å². The number of hydrogen-bond donors (Lipinski definition) is 4. The number of halogens is 3. The molecule has 0 spiro atoms. The predicted octanol–water partition coefficient (Wildman–Crippen LogP) is -4.53. The molecule has 1 aromatic carbocycles. The topological polar surface area (TPSA) is 129 Å². The van der Waals surface area contributed by atoms with E-state index >= 15 is 0 Å². The van der Waals surface area contributed by atoms with Crippen LogP contribution in [0.4, 0.5) is 30.6 Å². The maximum atomic E-state index is 14.0. The molecule has 0 aliphatic carbocycles. The first-order valence-electron chi connectivity index (χ1n) is 11.8. The standard InChI is InChI=1S/C19H28B6F3N5O5/c1-7-4-10(31-14-30-6-9(15(26,27)28)12(29-2)32-14)11(37-3)5-8(7)13(34)33-16(20,21)19(25,36)38-17(22,23)18(33,24)35/h4-6,35-36H,20-25H2,1-3H3,(H2,29,30,31,32). The summed E-state index contributed by atoms with van der Waals surface area (Å²) >= 11 is 0. The molecule has 0 saturated carbocycles. The molecule has 2 aromatic rings. The molecule has 1 aliphatic rings. The molecule has 1 aliphatic heterocycles. The van der Waals surface area contributed by atoms with Crippen molar-refractivity contribution >= 4 is 70.4 Å². The lowest BCUT2D eigenvalue weighted by Gasteiger charge is -2.65. The number of carbonyl (C=O) groups excluding carboxylic acids is 1. The Morgan fingerprint density at radius 3 is 2.29 bits per heavy atom. The molecule has 198 valence electrons. The van der Waals surface area contributed by atoms with Gasteiger partial charge in [0.15, 0.2) is 15.7 Å². The van der Waals surface area contributed by atoms with Gasteiger partial charge < -0.3 is 35.2 Å². The minimum absolute atomic E-state index is 0.130. The number of amides is 1. The van der Waals surface area contributed by atoms with Gasteiger partial charge in [0, 0.05) is 29.5 Å². The Morgan fingerprint density at radius 2 is 1.76 bits per heavy atom. The predicted molar refractivity (Wildman–Crippen MR) is 151 cm³/mol. The molecular weight excluding hydrogens is 500 g/mol. The average Bonchev–Trinajstić information content (AvgIpc) is 2.76. The average molecular weight is 528 g/mol. The zero-order chi connectivity index (χ0) is 29.1. The monoisotopic (exact) mass is 529 g/mol. The Bertz CT molecular complexity index is 1240. The fourth-order valence-corrected chi connectivity index (χ4v) is 4.46. The SMILES string of the molecule is BC1(B)OC(B)(O)C(B)(B)N(C(=O)c2cc(OC)c(Nc3ncc(C(F)(F)F)c(NC)n3)cc2C)C1(B)O. The van der Waals surface area contributed by atoms with Crippen molar-refractivity contribution in [2.75, 3.05) is 24.8 Å². The molecule has 19 heteroatoms. The van der Waals surface area contributed by atoms with Crippen molar-refractivity contribution in [2.24, 2.45) is 0 Å². The third-order valence-corrected chi connectivity index (χ3v) is 7.28. The van der Waals surface area contributed by atoms with Gasteiger partial charge in [0.1, 0.15) is 59.8 Å². The van der Waals surface area contributed by atoms with Gasteiger partial charge in [0.25, 0.3) is 5.91 Å². The van der Waals surface area contributed by atoms with Gasteiger partial charge in [-0.1, -0.05) is 0 Å². The number of carbonyl (C=O) groups is 1. The third kappa shape index (κ3) is 4.87. The van der Waals surface area contributed by atoms with Crippen LogP contribution in [0.5, 0.6) is 5.75 Å². The molecule has 1 amide bonds. The van der Waals surface area contributed by atoms with Crippen molar-refractivity contribution in [3.8, 4) is 5.75 Å². The summed E-state index contributed by atoms with van der Waals surface area (Å²) in [6.07, 6.45) is -3.98. The van der Waals surface area contributed by atoms with Gasteiger partial charge in [0.05, 0.1) is 12.8 Å². The maximum absolute atomic E-state index is 14.0. The number of rotatable bonds is 5. The number of morpholine rings is 1. The molecule has 4 N–H and O–H groups in total. The van der Waals surface area contributed by atoms with E-state index in [0.29, 0.717) is 17.4 Å². The van der Waals surface area contributed by atoms with Crippen LogP contribution >= 0.6 is 0 Å². The van der Waals surface area contributed by atoms with E-state index in [1.54, 1.807) is 44.4 Å². The first-order chi connectivity index (χ1) is 17.2. The van der Waals surface area contributed by atoms with Crippen LogP contribution in [0, 0.1) is 6.92 Å². The minimum atomic E-state index is -4.64. The molecule has 0 bridgehead atoms. The summed E-state index contributed by atoms with van der Waals surface area (Å²) in [5.74, 6) is -0.967. The second kappa shape index (κ2) is 9.45. The quantitative estimate of drug-likeness (QED) is 0.284. The fraction of sp³-hybridized carbons (Fsp3) is 0.421. The summed E-state index contributed by atoms with van der Waals surface area (Å²) in [6, 6.07) is 2.99. The lowest BCUT2D eigenvalue weighted by molar-refractivity contribution is -0.287. The molecule has 0 radical (unpaired) electrons. The normalized spacial score (nSPS) is 24.5. The lowest BCUT2D eigenvalue weighted by Crippen LogP contribution is -2.86. The molecule has 1 saturated heterocycles. The van der Waals surface area contributed by atoms with Gasteiger partial charge in [-0.05, 0) is 24.6 Å². The highest BCUT2D eigenvalue weighted by Gasteiger charge is 2.63. The number of nitrogens with one attached hydrogen (secondary N) is 2. The van der Waals surface area contributed by atoms with Crippen LogP contribution in [0.3, 0.4) is 0 Å². The van der Waals surface area contributed by atoms with Crippen LogP contribution in [0.1, 0.15) is 21.5 Å². The molecule has 2 unspecified atom stereocenters. The Hall–Kier alpha value is -2.77. The lowest BCUT2D eigenvalue weighted by atomic mass is 9.42. The number of anilines is 3. The first-order valence-corrected chi connectivity index (χ1v) is 11.8. The van der Waals surface area contributed by atoms with E-state index < -0.39 is 45.5 Å². The van der Waals surface area contributed by atoms with E-state index in [1.165, 1.54) is 40.8 Å². The van der Waals surface area contributed by atoms with Crippen molar-refractivity contribution in [3.05, 3.63) is 35.0 Å². The molecule has 10 nitrogen and oxygen atoms in total. The van der Waals surface area contributed by atoms with Gasteiger partial charge >= 0.3 is 6.18 Å². The Morgan fingerprint density at radius 1 is 1.16 bits per heavy atom. The van der Waals surface area contributed by atoms with Crippen molar-refractivity contribution in [2.45, 2.75) is 35.1 Å². The largest absolute Gasteiger partial charge is 0.495 e. The third-order valence-electron chi connectivity index (χ3n) is 7.28. The van der Waals surface area contributed by atoms with Crippen molar-refractivity contribution in [1.82, 2.24) is 14.9 Å². The van der Waals surface area contributed by atoms with Gasteiger partial charge in [-0.15, -0.1) is 0 Å². The number of benzene rings is 1. The van der Waals surface area contributed by atoms with E-state index in [2.05, 4.69) is 20.6 Å². The molecule has 2 heterocycles. The zero-order valence-electron chi connectivity index (χ0n) is 22.8. The van der Waals surface area contributed by atoms with Gasteiger partial charge in [-0.2, -0.15) is 18.2 Å². The number of aliphatic hydroxyl groups is 2. The summed E-state index contributed by atoms with van der Waals surface area (Å²) in [5, 5.41) is 25.1. The van der Waals surface area contributed by atoms with Crippen molar-refractivity contribution < 1.29 is 37.7 Å². The van der Waals surface area contributed by atoms with E-state index in [9.17, 15) is 28.2 Å². The number of aryl methyl sites for hydroxylation is 1. The second-order valence-corrected chi connectivity index (χ2v) is 10.5. The maximum Gasteiger partial charge on any atom is 0.421 e.